The number of esters is 1. The van der Waals surface area contributed by atoms with Crippen molar-refractivity contribution in [2.45, 2.75) is 70.1 Å². The molecule has 3 aliphatic carbocycles. The number of fused-ring (bicyclic) bond motifs is 4. The summed E-state index contributed by atoms with van der Waals surface area (Å²) in [5, 5.41) is 23.6. The lowest BCUT2D eigenvalue weighted by molar-refractivity contribution is -0.354. The first kappa shape index (κ1) is 20.4. The zero-order chi connectivity index (χ0) is 21.9. The molecule has 0 amide bonds. The molecule has 4 fully saturated rings. The molecule has 5 aliphatic rings. The number of methoxy groups -OCH3 is 1. The summed E-state index contributed by atoms with van der Waals surface area (Å²) in [5.74, 6) is -1.10. The van der Waals surface area contributed by atoms with Gasteiger partial charge in [-0.15, -0.1) is 0 Å². The summed E-state index contributed by atoms with van der Waals surface area (Å²) in [6.45, 7) is 7.20. The zero-order valence-corrected chi connectivity index (χ0v) is 18.0. The number of aliphatic hydroxyl groups is 2. The number of rotatable bonds is 1. The van der Waals surface area contributed by atoms with Gasteiger partial charge in [0.25, 0.3) is 0 Å². The number of ether oxygens (including phenoxy) is 4. The molecule has 2 aliphatic heterocycles. The fourth-order valence-corrected chi connectivity index (χ4v) is 7.76. The van der Waals surface area contributed by atoms with Gasteiger partial charge in [-0.25, -0.2) is 0 Å². The van der Waals surface area contributed by atoms with Gasteiger partial charge in [0.05, 0.1) is 19.6 Å². The van der Waals surface area contributed by atoms with Crippen LogP contribution in [0.2, 0.25) is 0 Å². The molecule has 10 atom stereocenters. The van der Waals surface area contributed by atoms with Crippen molar-refractivity contribution < 1.29 is 38.7 Å². The Balaban J connectivity index is 1.78. The van der Waals surface area contributed by atoms with Crippen molar-refractivity contribution in [1.29, 1.82) is 0 Å². The number of ketones is 1. The lowest BCUT2D eigenvalue weighted by Crippen LogP contribution is -2.84. The number of allylic oxidation sites excluding steroid dienone is 2. The van der Waals surface area contributed by atoms with Crippen LogP contribution in [0.3, 0.4) is 0 Å². The molecule has 2 heterocycles. The number of hydrogen-bond donors (Lipinski definition) is 2. The first-order chi connectivity index (χ1) is 13.9. The van der Waals surface area contributed by atoms with Crippen LogP contribution in [0.4, 0.5) is 0 Å². The molecule has 2 N–H and O–H groups in total. The molecule has 2 saturated heterocycles. The lowest BCUT2D eigenvalue weighted by Gasteiger charge is -2.71. The highest BCUT2D eigenvalue weighted by Gasteiger charge is 2.82. The molecule has 0 aromatic heterocycles. The number of carbonyl (C=O) groups excluding carboxylic acids is 2. The highest BCUT2D eigenvalue weighted by Crippen LogP contribution is 2.71. The predicted octanol–water partition coefficient (Wildman–Crippen LogP) is 0.937. The van der Waals surface area contributed by atoms with Crippen LogP contribution in [-0.2, 0) is 28.5 Å². The van der Waals surface area contributed by atoms with E-state index in [-0.39, 0.29) is 30.8 Å². The minimum absolute atomic E-state index is 0.0101. The Bertz CT molecular complexity index is 850. The average molecular weight is 422 g/mol. The van der Waals surface area contributed by atoms with Crippen LogP contribution in [0.15, 0.2) is 11.8 Å². The molecule has 0 radical (unpaired) electrons. The molecule has 0 spiro atoms. The van der Waals surface area contributed by atoms with Gasteiger partial charge in [0.15, 0.2) is 5.76 Å². The zero-order valence-electron chi connectivity index (χ0n) is 18.0. The normalized spacial score (nSPS) is 57.0. The molecule has 166 valence electrons. The number of hydrogen-bond acceptors (Lipinski definition) is 8. The summed E-state index contributed by atoms with van der Waals surface area (Å²) in [5.41, 5.74) is -5.67. The van der Waals surface area contributed by atoms with Gasteiger partial charge in [0.1, 0.15) is 30.2 Å². The fraction of sp³-hybridized carbons (Fsp3) is 0.818. The van der Waals surface area contributed by atoms with Gasteiger partial charge in [-0.05, 0) is 31.3 Å². The summed E-state index contributed by atoms with van der Waals surface area (Å²) >= 11 is 0. The van der Waals surface area contributed by atoms with Gasteiger partial charge in [-0.2, -0.15) is 0 Å². The second kappa shape index (κ2) is 5.85. The Kier molecular flexibility index (Phi) is 3.98. The van der Waals surface area contributed by atoms with E-state index in [9.17, 15) is 19.8 Å². The second-order valence-corrected chi connectivity index (χ2v) is 10.3. The van der Waals surface area contributed by atoms with E-state index in [0.29, 0.717) is 12.2 Å². The van der Waals surface area contributed by atoms with E-state index in [2.05, 4.69) is 0 Å². The van der Waals surface area contributed by atoms with Gasteiger partial charge in [0, 0.05) is 16.7 Å². The molecular weight excluding hydrogens is 392 g/mol. The third-order valence-electron chi connectivity index (χ3n) is 9.27. The van der Waals surface area contributed by atoms with E-state index in [0.717, 1.165) is 0 Å². The van der Waals surface area contributed by atoms with Crippen molar-refractivity contribution in [3.8, 4) is 0 Å². The summed E-state index contributed by atoms with van der Waals surface area (Å²) < 4.78 is 23.0. The maximum Gasteiger partial charge on any atom is 0.309 e. The third kappa shape index (κ3) is 1.97. The van der Waals surface area contributed by atoms with Gasteiger partial charge in [0.2, 0.25) is 5.78 Å². The van der Waals surface area contributed by atoms with Gasteiger partial charge in [-0.3, -0.25) is 9.59 Å². The lowest BCUT2D eigenvalue weighted by atomic mass is 9.36. The minimum atomic E-state index is -1.84. The highest BCUT2D eigenvalue weighted by atomic mass is 16.7. The largest absolute Gasteiger partial charge is 0.493 e. The van der Waals surface area contributed by atoms with Gasteiger partial charge < -0.3 is 29.2 Å². The molecule has 0 aromatic carbocycles. The van der Waals surface area contributed by atoms with Crippen LogP contribution < -0.4 is 0 Å². The number of carbonyl (C=O) groups is 2. The Morgan fingerprint density at radius 1 is 1.17 bits per heavy atom. The maximum atomic E-state index is 13.8. The molecule has 2 saturated carbocycles. The molecule has 30 heavy (non-hydrogen) atoms. The van der Waals surface area contributed by atoms with Crippen molar-refractivity contribution >= 4 is 11.8 Å². The summed E-state index contributed by atoms with van der Waals surface area (Å²) in [7, 11) is 1.48. The Hall–Kier alpha value is -1.48. The minimum Gasteiger partial charge on any atom is -0.493 e. The SMILES string of the molecule is COC1=CC(C)C2CC3OC(=O)CC4(O)C(C)(O)C5OCOC5C(C2(C)C1=O)C34C. The first-order valence-electron chi connectivity index (χ1n) is 10.6. The average Bonchev–Trinajstić information content (AvgIpc) is 3.14. The van der Waals surface area contributed by atoms with E-state index in [1.807, 2.05) is 26.8 Å². The monoisotopic (exact) mass is 422 g/mol. The van der Waals surface area contributed by atoms with E-state index in [4.69, 9.17) is 18.9 Å². The Labute approximate surface area is 175 Å². The molecule has 0 aromatic rings. The van der Waals surface area contributed by atoms with Crippen LogP contribution in [0, 0.1) is 28.6 Å². The first-order valence-corrected chi connectivity index (χ1v) is 10.6. The smallest absolute Gasteiger partial charge is 0.309 e. The molecule has 0 bridgehead atoms. The standard InChI is InChI=1S/C22H30O8/c1-10-6-12(27-5)17(24)19(2)11(10)7-13-20(3)16(19)15-18(29-9-28-15)21(4,25)22(20,26)8-14(23)30-13/h6,10-11,13,15-16,18,25-26H,7-9H2,1-5H3. The summed E-state index contributed by atoms with van der Waals surface area (Å²) in [6.07, 6.45) is -0.292. The molecule has 10 unspecified atom stereocenters. The van der Waals surface area contributed by atoms with Crippen LogP contribution in [0.5, 0.6) is 0 Å². The quantitative estimate of drug-likeness (QED) is 0.601. The van der Waals surface area contributed by atoms with Crippen molar-refractivity contribution in [3.63, 3.8) is 0 Å². The Morgan fingerprint density at radius 2 is 1.87 bits per heavy atom. The maximum absolute atomic E-state index is 13.8. The molecule has 8 nitrogen and oxygen atoms in total. The van der Waals surface area contributed by atoms with E-state index < -0.39 is 52.2 Å². The topological polar surface area (TPSA) is 112 Å². The van der Waals surface area contributed by atoms with E-state index >= 15 is 0 Å². The van der Waals surface area contributed by atoms with Gasteiger partial charge in [-0.1, -0.05) is 20.8 Å². The summed E-state index contributed by atoms with van der Waals surface area (Å²) in [4.78, 5) is 26.3. The third-order valence-corrected chi connectivity index (χ3v) is 9.27. The fourth-order valence-electron chi connectivity index (χ4n) is 7.76. The van der Waals surface area contributed by atoms with Crippen LogP contribution in [-0.4, -0.2) is 65.4 Å². The van der Waals surface area contributed by atoms with Crippen LogP contribution in [0.1, 0.15) is 40.5 Å². The van der Waals surface area contributed by atoms with E-state index in [1.54, 1.807) is 0 Å². The molecule has 5 rings (SSSR count). The molecule has 8 heteroatoms. The van der Waals surface area contributed by atoms with E-state index in [1.165, 1.54) is 14.0 Å². The predicted molar refractivity (Wildman–Crippen MR) is 102 cm³/mol. The molecular formula is C22H30O8. The highest BCUT2D eigenvalue weighted by molar-refractivity contribution is 6.00. The van der Waals surface area contributed by atoms with Crippen molar-refractivity contribution in [1.82, 2.24) is 0 Å². The Morgan fingerprint density at radius 3 is 2.53 bits per heavy atom. The number of Topliss-reactive ketones (excluding diaryl/α,β-unsaturated/α-hetero) is 1. The van der Waals surface area contributed by atoms with Gasteiger partial charge >= 0.3 is 5.97 Å². The van der Waals surface area contributed by atoms with Crippen LogP contribution in [0.25, 0.3) is 0 Å². The summed E-state index contributed by atoms with van der Waals surface area (Å²) in [6, 6.07) is 0. The second-order valence-electron chi connectivity index (χ2n) is 10.3. The van der Waals surface area contributed by atoms with Crippen LogP contribution >= 0.6 is 0 Å². The van der Waals surface area contributed by atoms with Crippen molar-refractivity contribution in [3.05, 3.63) is 11.8 Å². The van der Waals surface area contributed by atoms with Crippen molar-refractivity contribution in [2.75, 3.05) is 13.9 Å². The van der Waals surface area contributed by atoms with Crippen molar-refractivity contribution in [2.24, 2.45) is 28.6 Å².